The summed E-state index contributed by atoms with van der Waals surface area (Å²) in [7, 11) is 1.53. The van der Waals surface area contributed by atoms with E-state index in [1.54, 1.807) is 47.6 Å². The van der Waals surface area contributed by atoms with Crippen LogP contribution in [0.25, 0.3) is 0 Å². The molecule has 1 aliphatic rings. The summed E-state index contributed by atoms with van der Waals surface area (Å²) in [4.78, 5) is 38.1. The monoisotopic (exact) mass is 341 g/mol. The van der Waals surface area contributed by atoms with Gasteiger partial charge in [0, 0.05) is 20.0 Å². The van der Waals surface area contributed by atoms with Crippen LogP contribution in [0.2, 0.25) is 0 Å². The third-order valence-corrected chi connectivity index (χ3v) is 4.17. The molecule has 3 amide bonds. The van der Waals surface area contributed by atoms with Gasteiger partial charge in [0.1, 0.15) is 5.76 Å². The number of amides is 3. The summed E-state index contributed by atoms with van der Waals surface area (Å²) in [6.45, 7) is 0.679. The molecule has 25 heavy (non-hydrogen) atoms. The largest absolute Gasteiger partial charge is 0.467 e. The Hall–Kier alpha value is -3.09. The zero-order chi connectivity index (χ0) is 17.8. The van der Waals surface area contributed by atoms with Gasteiger partial charge in [-0.3, -0.25) is 14.4 Å². The number of carbonyl (C=O) groups is 3. The zero-order valence-electron chi connectivity index (χ0n) is 13.8. The van der Waals surface area contributed by atoms with Crippen molar-refractivity contribution in [3.8, 4) is 0 Å². The Morgan fingerprint density at radius 3 is 2.76 bits per heavy atom. The first kappa shape index (κ1) is 16.8. The number of anilines is 1. The van der Waals surface area contributed by atoms with Crippen LogP contribution in [-0.2, 0) is 16.1 Å². The molecule has 1 aromatic heterocycles. The lowest BCUT2D eigenvalue weighted by atomic mass is 10.1. The second-order valence-electron chi connectivity index (χ2n) is 5.87. The van der Waals surface area contributed by atoms with E-state index in [1.807, 2.05) is 0 Å². The lowest BCUT2D eigenvalue weighted by molar-refractivity contribution is -0.128. The van der Waals surface area contributed by atoms with E-state index in [2.05, 4.69) is 10.6 Å². The predicted molar refractivity (Wildman–Crippen MR) is 90.7 cm³/mol. The van der Waals surface area contributed by atoms with E-state index in [1.165, 1.54) is 7.05 Å². The molecule has 0 spiro atoms. The van der Waals surface area contributed by atoms with Crippen LogP contribution < -0.4 is 10.6 Å². The quantitative estimate of drug-likeness (QED) is 0.864. The van der Waals surface area contributed by atoms with Gasteiger partial charge in [-0.25, -0.2) is 0 Å². The summed E-state index contributed by atoms with van der Waals surface area (Å²) in [5.74, 6) is -0.416. The molecule has 7 heteroatoms. The van der Waals surface area contributed by atoms with E-state index in [0.717, 1.165) is 0 Å². The molecule has 3 rings (SSSR count). The number of hydrogen-bond acceptors (Lipinski definition) is 4. The second kappa shape index (κ2) is 7.21. The van der Waals surface area contributed by atoms with Crippen LogP contribution in [0, 0.1) is 5.92 Å². The van der Waals surface area contributed by atoms with Gasteiger partial charge in [-0.15, -0.1) is 0 Å². The number of likely N-dealkylation sites (tertiary alicyclic amines) is 1. The summed E-state index contributed by atoms with van der Waals surface area (Å²) in [5, 5.41) is 5.31. The van der Waals surface area contributed by atoms with Gasteiger partial charge < -0.3 is 20.0 Å². The lowest BCUT2D eigenvalue weighted by Crippen LogP contribution is -2.28. The first-order valence-electron chi connectivity index (χ1n) is 8.00. The minimum Gasteiger partial charge on any atom is -0.467 e. The van der Waals surface area contributed by atoms with Crippen LogP contribution in [0.15, 0.2) is 47.1 Å². The van der Waals surface area contributed by atoms with E-state index in [9.17, 15) is 14.4 Å². The summed E-state index contributed by atoms with van der Waals surface area (Å²) in [6, 6.07) is 10.3. The van der Waals surface area contributed by atoms with Gasteiger partial charge in [0.25, 0.3) is 5.91 Å². The molecule has 130 valence electrons. The average molecular weight is 341 g/mol. The Morgan fingerprint density at radius 1 is 1.24 bits per heavy atom. The smallest absolute Gasteiger partial charge is 0.253 e. The molecule has 1 unspecified atom stereocenters. The molecular weight excluding hydrogens is 322 g/mol. The molecule has 1 fully saturated rings. The van der Waals surface area contributed by atoms with Gasteiger partial charge in [-0.05, 0) is 24.3 Å². The van der Waals surface area contributed by atoms with Crippen molar-refractivity contribution < 1.29 is 18.8 Å². The van der Waals surface area contributed by atoms with Gasteiger partial charge in [-0.2, -0.15) is 0 Å². The molecule has 0 radical (unpaired) electrons. The first-order chi connectivity index (χ1) is 12.1. The minimum atomic E-state index is -0.458. The van der Waals surface area contributed by atoms with Crippen molar-refractivity contribution in [3.05, 3.63) is 54.0 Å². The maximum absolute atomic E-state index is 12.5. The molecule has 1 aromatic carbocycles. The SMILES string of the molecule is CNC(=O)c1ccccc1NC(=O)C1CC(=O)N(Cc2ccco2)C1. The van der Waals surface area contributed by atoms with Gasteiger partial charge >= 0.3 is 0 Å². The zero-order valence-corrected chi connectivity index (χ0v) is 13.8. The molecule has 1 aliphatic heterocycles. The van der Waals surface area contributed by atoms with E-state index < -0.39 is 5.92 Å². The molecule has 1 saturated heterocycles. The molecule has 1 atom stereocenters. The number of para-hydroxylation sites is 1. The number of furan rings is 1. The molecule has 0 bridgehead atoms. The molecule has 0 aliphatic carbocycles. The van der Waals surface area contributed by atoms with Crippen molar-refractivity contribution in [2.45, 2.75) is 13.0 Å². The standard InChI is InChI=1S/C18H19N3O4/c1-19-18(24)14-6-2-3-7-15(14)20-17(23)12-9-16(22)21(10-12)11-13-5-4-8-25-13/h2-8,12H,9-11H2,1H3,(H,19,24)(H,20,23). The fourth-order valence-electron chi connectivity index (χ4n) is 2.85. The minimum absolute atomic E-state index is 0.0869. The van der Waals surface area contributed by atoms with E-state index in [-0.39, 0.29) is 24.1 Å². The van der Waals surface area contributed by atoms with Crippen LogP contribution in [0.3, 0.4) is 0 Å². The van der Waals surface area contributed by atoms with Crippen molar-refractivity contribution in [2.24, 2.45) is 5.92 Å². The number of benzene rings is 1. The molecule has 7 nitrogen and oxygen atoms in total. The lowest BCUT2D eigenvalue weighted by Gasteiger charge is -2.16. The molecule has 2 heterocycles. The van der Waals surface area contributed by atoms with Gasteiger partial charge in [0.15, 0.2) is 0 Å². The highest BCUT2D eigenvalue weighted by atomic mass is 16.3. The van der Waals surface area contributed by atoms with E-state index in [4.69, 9.17) is 4.42 Å². The maximum Gasteiger partial charge on any atom is 0.253 e. The highest BCUT2D eigenvalue weighted by Crippen LogP contribution is 2.23. The van der Waals surface area contributed by atoms with Crippen molar-refractivity contribution in [1.29, 1.82) is 0 Å². The summed E-state index contributed by atoms with van der Waals surface area (Å²) in [6.07, 6.45) is 1.70. The Bertz CT molecular complexity index is 785. The van der Waals surface area contributed by atoms with Crippen molar-refractivity contribution >= 4 is 23.4 Å². The third-order valence-electron chi connectivity index (χ3n) is 4.17. The summed E-state index contributed by atoms with van der Waals surface area (Å²) in [5.41, 5.74) is 0.818. The topological polar surface area (TPSA) is 91.7 Å². The maximum atomic E-state index is 12.5. The Kier molecular flexibility index (Phi) is 4.83. The number of carbonyl (C=O) groups excluding carboxylic acids is 3. The highest BCUT2D eigenvalue weighted by Gasteiger charge is 2.35. The Morgan fingerprint density at radius 2 is 2.04 bits per heavy atom. The van der Waals surface area contributed by atoms with Gasteiger partial charge in [-0.1, -0.05) is 12.1 Å². The Balaban J connectivity index is 1.66. The number of nitrogens with zero attached hydrogens (tertiary/aromatic N) is 1. The van der Waals surface area contributed by atoms with Crippen LogP contribution in [0.5, 0.6) is 0 Å². The summed E-state index contributed by atoms with van der Waals surface area (Å²) >= 11 is 0. The number of nitrogens with one attached hydrogen (secondary N) is 2. The van der Waals surface area contributed by atoms with Crippen molar-refractivity contribution in [1.82, 2.24) is 10.2 Å². The molecule has 0 saturated carbocycles. The van der Waals surface area contributed by atoms with Crippen LogP contribution >= 0.6 is 0 Å². The van der Waals surface area contributed by atoms with Crippen LogP contribution in [0.1, 0.15) is 22.5 Å². The molecule has 2 N–H and O–H groups in total. The Labute approximate surface area is 145 Å². The predicted octanol–water partition coefficient (Wildman–Crippen LogP) is 1.63. The number of rotatable bonds is 5. The summed E-state index contributed by atoms with van der Waals surface area (Å²) < 4.78 is 5.25. The van der Waals surface area contributed by atoms with Gasteiger partial charge in [0.2, 0.25) is 11.8 Å². The highest BCUT2D eigenvalue weighted by molar-refractivity contribution is 6.05. The van der Waals surface area contributed by atoms with Crippen molar-refractivity contribution in [2.75, 3.05) is 18.9 Å². The normalized spacial score (nSPS) is 16.8. The first-order valence-corrected chi connectivity index (χ1v) is 8.00. The van der Waals surface area contributed by atoms with Crippen molar-refractivity contribution in [3.63, 3.8) is 0 Å². The van der Waals surface area contributed by atoms with Crippen LogP contribution in [0.4, 0.5) is 5.69 Å². The average Bonchev–Trinajstić information content (AvgIpc) is 3.25. The molecular formula is C18H19N3O4. The van der Waals surface area contributed by atoms with E-state index in [0.29, 0.717) is 30.1 Å². The fraction of sp³-hybridized carbons (Fsp3) is 0.278. The second-order valence-corrected chi connectivity index (χ2v) is 5.87. The van der Waals surface area contributed by atoms with Crippen LogP contribution in [-0.4, -0.2) is 36.2 Å². The molecule has 2 aromatic rings. The van der Waals surface area contributed by atoms with E-state index >= 15 is 0 Å². The van der Waals surface area contributed by atoms with Gasteiger partial charge in [0.05, 0.1) is 30.0 Å². The number of hydrogen-bond donors (Lipinski definition) is 2. The fourth-order valence-corrected chi connectivity index (χ4v) is 2.85. The third kappa shape index (κ3) is 3.71.